The molecule has 0 aliphatic heterocycles. The van der Waals surface area contributed by atoms with E-state index in [1.807, 2.05) is 13.8 Å². The Labute approximate surface area is 110 Å². The molecule has 0 bridgehead atoms. The Balaban J connectivity index is 2.68. The van der Waals surface area contributed by atoms with Crippen LogP contribution in [0.1, 0.15) is 20.8 Å². The van der Waals surface area contributed by atoms with Crippen molar-refractivity contribution in [3.63, 3.8) is 0 Å². The first-order valence-electron chi connectivity index (χ1n) is 5.60. The van der Waals surface area contributed by atoms with E-state index >= 15 is 0 Å². The minimum Gasteiger partial charge on any atom is -0.473 e. The molecule has 2 N–H and O–H groups in total. The van der Waals surface area contributed by atoms with Crippen LogP contribution in [0.4, 0.5) is 5.69 Å². The van der Waals surface area contributed by atoms with Gasteiger partial charge in [-0.1, -0.05) is 11.8 Å². The highest BCUT2D eigenvalue weighted by atomic mass is 32.2. The van der Waals surface area contributed by atoms with E-state index in [9.17, 15) is 4.79 Å². The number of ether oxygens (including phenoxy) is 2. The number of hydrogen-bond donors (Lipinski definition) is 1. The van der Waals surface area contributed by atoms with Crippen LogP contribution in [0.5, 0.6) is 5.88 Å². The lowest BCUT2D eigenvalue weighted by Gasteiger charge is -2.12. The molecule has 7 heteroatoms. The molecule has 0 unspecified atom stereocenters. The maximum atomic E-state index is 11.2. The summed E-state index contributed by atoms with van der Waals surface area (Å²) in [6.45, 7) is 5.89. The molecule has 0 spiro atoms. The molecule has 0 aliphatic rings. The molecule has 0 radical (unpaired) electrons. The first-order valence-corrected chi connectivity index (χ1v) is 6.58. The summed E-state index contributed by atoms with van der Waals surface area (Å²) in [5.41, 5.74) is 6.22. The zero-order valence-corrected chi connectivity index (χ0v) is 11.5. The fourth-order valence-corrected chi connectivity index (χ4v) is 1.83. The number of nitrogens with zero attached hydrogens (tertiary/aromatic N) is 2. The molecule has 0 fully saturated rings. The lowest BCUT2D eigenvalue weighted by atomic mass is 10.4. The van der Waals surface area contributed by atoms with E-state index in [1.165, 1.54) is 18.1 Å². The van der Waals surface area contributed by atoms with Gasteiger partial charge < -0.3 is 15.2 Å². The Morgan fingerprint density at radius 2 is 2.22 bits per heavy atom. The Morgan fingerprint density at radius 1 is 1.50 bits per heavy atom. The summed E-state index contributed by atoms with van der Waals surface area (Å²) in [4.78, 5) is 19.2. The summed E-state index contributed by atoms with van der Waals surface area (Å²) in [7, 11) is 0. The van der Waals surface area contributed by atoms with E-state index in [0.29, 0.717) is 23.2 Å². The van der Waals surface area contributed by atoms with Crippen molar-refractivity contribution in [3.8, 4) is 5.88 Å². The number of esters is 1. The van der Waals surface area contributed by atoms with Crippen LogP contribution in [0.15, 0.2) is 11.4 Å². The Morgan fingerprint density at radius 3 is 2.83 bits per heavy atom. The number of thioether (sulfide) groups is 1. The van der Waals surface area contributed by atoms with Crippen LogP contribution < -0.4 is 10.5 Å². The Kier molecular flexibility index (Phi) is 5.70. The lowest BCUT2D eigenvalue weighted by Crippen LogP contribution is -2.11. The van der Waals surface area contributed by atoms with E-state index in [0.717, 1.165) is 0 Å². The normalized spacial score (nSPS) is 10.4. The third-order valence-electron chi connectivity index (χ3n) is 1.79. The fraction of sp³-hybridized carbons (Fsp3) is 0.545. The van der Waals surface area contributed by atoms with Gasteiger partial charge in [0.1, 0.15) is 17.0 Å². The number of nitrogens with two attached hydrogens (primary N) is 1. The van der Waals surface area contributed by atoms with Crippen LogP contribution in [-0.4, -0.2) is 34.4 Å². The molecule has 0 saturated carbocycles. The predicted molar refractivity (Wildman–Crippen MR) is 69.6 cm³/mol. The molecular weight excluding hydrogens is 254 g/mol. The highest BCUT2D eigenvalue weighted by Crippen LogP contribution is 2.29. The maximum Gasteiger partial charge on any atom is 0.316 e. The predicted octanol–water partition coefficient (Wildman–Crippen LogP) is 1.50. The van der Waals surface area contributed by atoms with Crippen LogP contribution in [0.2, 0.25) is 0 Å². The second kappa shape index (κ2) is 7.05. The van der Waals surface area contributed by atoms with Crippen molar-refractivity contribution in [1.82, 2.24) is 9.97 Å². The van der Waals surface area contributed by atoms with E-state index in [2.05, 4.69) is 9.97 Å². The van der Waals surface area contributed by atoms with Crippen molar-refractivity contribution in [2.45, 2.75) is 31.9 Å². The van der Waals surface area contributed by atoms with Gasteiger partial charge in [0.15, 0.2) is 0 Å². The average molecular weight is 271 g/mol. The molecule has 1 rings (SSSR count). The molecule has 0 aliphatic carbocycles. The number of anilines is 1. The molecular formula is C11H17N3O3S. The van der Waals surface area contributed by atoms with Gasteiger partial charge in [-0.25, -0.2) is 4.98 Å². The first-order chi connectivity index (χ1) is 8.54. The SMILES string of the molecule is CCOC(=O)CSc1ncnc(OC(C)C)c1N. The first kappa shape index (κ1) is 14.6. The number of hydrogen-bond acceptors (Lipinski definition) is 7. The highest BCUT2D eigenvalue weighted by Gasteiger charge is 2.13. The molecule has 1 aromatic heterocycles. The Hall–Kier alpha value is -1.50. The molecule has 1 aromatic rings. The van der Waals surface area contributed by atoms with E-state index < -0.39 is 0 Å². The third-order valence-corrected chi connectivity index (χ3v) is 2.77. The quantitative estimate of drug-likeness (QED) is 0.476. The van der Waals surface area contributed by atoms with Crippen molar-refractivity contribution < 1.29 is 14.3 Å². The van der Waals surface area contributed by atoms with Crippen molar-refractivity contribution >= 4 is 23.4 Å². The van der Waals surface area contributed by atoms with Gasteiger partial charge in [-0.2, -0.15) is 4.98 Å². The number of nitrogen functional groups attached to an aromatic ring is 1. The minimum absolute atomic E-state index is 0.0230. The van der Waals surface area contributed by atoms with Gasteiger partial charge in [-0.3, -0.25) is 4.79 Å². The van der Waals surface area contributed by atoms with E-state index in [-0.39, 0.29) is 17.8 Å². The van der Waals surface area contributed by atoms with Gasteiger partial charge in [0, 0.05) is 0 Å². The van der Waals surface area contributed by atoms with E-state index in [4.69, 9.17) is 15.2 Å². The summed E-state index contributed by atoms with van der Waals surface area (Å²) in [6, 6.07) is 0. The number of aromatic nitrogens is 2. The van der Waals surface area contributed by atoms with Crippen LogP contribution >= 0.6 is 11.8 Å². The van der Waals surface area contributed by atoms with Crippen LogP contribution in [0.3, 0.4) is 0 Å². The van der Waals surface area contributed by atoms with Crippen molar-refractivity contribution in [2.24, 2.45) is 0 Å². The monoisotopic (exact) mass is 271 g/mol. The number of rotatable bonds is 6. The molecule has 100 valence electrons. The topological polar surface area (TPSA) is 87.3 Å². The molecule has 0 aromatic carbocycles. The third kappa shape index (κ3) is 4.40. The second-order valence-electron chi connectivity index (χ2n) is 3.66. The molecule has 1 heterocycles. The van der Waals surface area contributed by atoms with Crippen LogP contribution in [0.25, 0.3) is 0 Å². The molecule has 0 atom stereocenters. The van der Waals surface area contributed by atoms with Crippen molar-refractivity contribution in [3.05, 3.63) is 6.33 Å². The lowest BCUT2D eigenvalue weighted by molar-refractivity contribution is -0.139. The summed E-state index contributed by atoms with van der Waals surface area (Å²) in [6.07, 6.45) is 1.34. The summed E-state index contributed by atoms with van der Waals surface area (Å²) >= 11 is 1.21. The number of carbonyl (C=O) groups is 1. The van der Waals surface area contributed by atoms with Crippen LogP contribution in [-0.2, 0) is 9.53 Å². The molecule has 18 heavy (non-hydrogen) atoms. The molecule has 0 saturated heterocycles. The van der Waals surface area contributed by atoms with Gasteiger partial charge in [0.05, 0.1) is 18.5 Å². The van der Waals surface area contributed by atoms with Gasteiger partial charge >= 0.3 is 5.97 Å². The smallest absolute Gasteiger partial charge is 0.316 e. The number of carbonyl (C=O) groups excluding carboxylic acids is 1. The van der Waals surface area contributed by atoms with Crippen molar-refractivity contribution in [1.29, 1.82) is 0 Å². The summed E-state index contributed by atoms with van der Waals surface area (Å²) in [5, 5.41) is 0.522. The molecule has 0 amide bonds. The van der Waals surface area contributed by atoms with Gasteiger partial charge in [0.2, 0.25) is 5.88 Å². The van der Waals surface area contributed by atoms with Gasteiger partial charge in [0.25, 0.3) is 0 Å². The zero-order valence-electron chi connectivity index (χ0n) is 10.7. The molecule has 6 nitrogen and oxygen atoms in total. The van der Waals surface area contributed by atoms with E-state index in [1.54, 1.807) is 6.92 Å². The van der Waals surface area contributed by atoms with Gasteiger partial charge in [-0.05, 0) is 20.8 Å². The minimum atomic E-state index is -0.299. The van der Waals surface area contributed by atoms with Gasteiger partial charge in [-0.15, -0.1) is 0 Å². The average Bonchev–Trinajstić information content (AvgIpc) is 2.30. The standard InChI is InChI=1S/C11H17N3O3S/c1-4-16-8(15)5-18-11-9(12)10(13-6-14-11)17-7(2)3/h6-7H,4-5,12H2,1-3H3. The fourth-order valence-electron chi connectivity index (χ4n) is 1.13. The highest BCUT2D eigenvalue weighted by molar-refractivity contribution is 8.00. The summed E-state index contributed by atoms with van der Waals surface area (Å²) in [5.74, 6) is 0.203. The Bertz CT molecular complexity index is 413. The summed E-state index contributed by atoms with van der Waals surface area (Å²) < 4.78 is 10.3. The largest absolute Gasteiger partial charge is 0.473 e. The van der Waals surface area contributed by atoms with Crippen LogP contribution in [0, 0.1) is 0 Å². The second-order valence-corrected chi connectivity index (χ2v) is 4.62. The van der Waals surface area contributed by atoms with Crippen molar-refractivity contribution in [2.75, 3.05) is 18.1 Å². The maximum absolute atomic E-state index is 11.2. The zero-order chi connectivity index (χ0) is 13.5.